The molecule has 0 bridgehead atoms. The Labute approximate surface area is 186 Å². The molecule has 2 heterocycles. The summed E-state index contributed by atoms with van der Waals surface area (Å²) >= 11 is 0. The van der Waals surface area contributed by atoms with E-state index in [9.17, 15) is 8.78 Å². The second-order valence-corrected chi connectivity index (χ2v) is 8.01. The second kappa shape index (κ2) is 9.08. The van der Waals surface area contributed by atoms with Crippen LogP contribution in [0.2, 0.25) is 0 Å². The van der Waals surface area contributed by atoms with Gasteiger partial charge < -0.3 is 14.4 Å². The van der Waals surface area contributed by atoms with Gasteiger partial charge in [-0.25, -0.2) is 8.78 Å². The van der Waals surface area contributed by atoms with Gasteiger partial charge in [-0.05, 0) is 25.7 Å². The number of methoxy groups -OCH3 is 2. The SMILES string of the molecule is COc1cc(OC)c(F)c(CC2=CCc3ncc(-c4cnn(CCN(C)C)c4)cc32)c1F. The monoisotopic (exact) mass is 440 g/mol. The van der Waals surface area contributed by atoms with E-state index < -0.39 is 11.6 Å². The number of pyridine rings is 1. The Hall–Kier alpha value is -3.26. The van der Waals surface area contributed by atoms with Crippen molar-refractivity contribution in [1.82, 2.24) is 19.7 Å². The van der Waals surface area contributed by atoms with Gasteiger partial charge in [0.2, 0.25) is 0 Å². The average Bonchev–Trinajstić information content (AvgIpc) is 3.42. The number of nitrogens with zero attached hydrogens (tertiary/aromatic N) is 4. The first-order valence-electron chi connectivity index (χ1n) is 10.4. The summed E-state index contributed by atoms with van der Waals surface area (Å²) in [5.41, 5.74) is 4.38. The zero-order valence-corrected chi connectivity index (χ0v) is 18.7. The summed E-state index contributed by atoms with van der Waals surface area (Å²) in [6.07, 6.45) is 8.27. The fraction of sp³-hybridized carbons (Fsp3) is 0.333. The lowest BCUT2D eigenvalue weighted by atomic mass is 9.97. The number of likely N-dealkylation sites (N-methyl/N-ethyl adjacent to an activating group) is 1. The van der Waals surface area contributed by atoms with E-state index in [4.69, 9.17) is 9.47 Å². The van der Waals surface area contributed by atoms with Crippen molar-refractivity contribution in [1.29, 1.82) is 0 Å². The van der Waals surface area contributed by atoms with E-state index in [-0.39, 0.29) is 23.5 Å². The number of hydrogen-bond donors (Lipinski definition) is 0. The highest BCUT2D eigenvalue weighted by Crippen LogP contribution is 2.37. The van der Waals surface area contributed by atoms with Crippen LogP contribution in [0, 0.1) is 11.6 Å². The van der Waals surface area contributed by atoms with Crippen LogP contribution in [-0.2, 0) is 19.4 Å². The summed E-state index contributed by atoms with van der Waals surface area (Å²) in [6, 6.07) is 3.24. The molecule has 0 spiro atoms. The highest BCUT2D eigenvalue weighted by atomic mass is 19.1. The van der Waals surface area contributed by atoms with E-state index >= 15 is 0 Å². The fourth-order valence-corrected chi connectivity index (χ4v) is 3.81. The summed E-state index contributed by atoms with van der Waals surface area (Å²) < 4.78 is 41.8. The molecule has 0 unspecified atom stereocenters. The van der Waals surface area contributed by atoms with Crippen molar-refractivity contribution in [2.75, 3.05) is 34.9 Å². The van der Waals surface area contributed by atoms with E-state index in [0.29, 0.717) is 6.42 Å². The molecule has 0 amide bonds. The van der Waals surface area contributed by atoms with E-state index in [1.165, 1.54) is 20.3 Å². The van der Waals surface area contributed by atoms with Crippen LogP contribution in [0.1, 0.15) is 16.8 Å². The summed E-state index contributed by atoms with van der Waals surface area (Å²) in [7, 11) is 6.73. The molecular weight excluding hydrogens is 414 g/mol. The van der Waals surface area contributed by atoms with Crippen molar-refractivity contribution in [2.45, 2.75) is 19.4 Å². The maximum Gasteiger partial charge on any atom is 0.171 e. The Balaban J connectivity index is 1.63. The Morgan fingerprint density at radius 3 is 2.41 bits per heavy atom. The molecule has 32 heavy (non-hydrogen) atoms. The Morgan fingerprint density at radius 1 is 1.03 bits per heavy atom. The third-order valence-electron chi connectivity index (χ3n) is 5.63. The number of allylic oxidation sites excluding steroid dienone is 2. The van der Waals surface area contributed by atoms with E-state index in [1.807, 2.05) is 49.5 Å². The van der Waals surface area contributed by atoms with Gasteiger partial charge in [-0.1, -0.05) is 6.08 Å². The van der Waals surface area contributed by atoms with Crippen LogP contribution in [0.25, 0.3) is 16.7 Å². The number of halogens is 2. The molecule has 0 aliphatic heterocycles. The van der Waals surface area contributed by atoms with Crippen molar-refractivity contribution in [3.8, 4) is 22.6 Å². The van der Waals surface area contributed by atoms with Crippen LogP contribution >= 0.6 is 0 Å². The molecule has 4 rings (SSSR count). The average molecular weight is 440 g/mol. The van der Waals surface area contributed by atoms with Gasteiger partial charge >= 0.3 is 0 Å². The van der Waals surface area contributed by atoms with Gasteiger partial charge in [0, 0.05) is 60.1 Å². The normalized spacial score (nSPS) is 12.8. The summed E-state index contributed by atoms with van der Waals surface area (Å²) in [5, 5.41) is 4.43. The van der Waals surface area contributed by atoms with Crippen LogP contribution in [0.4, 0.5) is 8.78 Å². The van der Waals surface area contributed by atoms with Gasteiger partial charge in [0.15, 0.2) is 23.1 Å². The fourth-order valence-electron chi connectivity index (χ4n) is 3.81. The molecule has 2 aromatic heterocycles. The molecule has 8 heteroatoms. The third-order valence-corrected chi connectivity index (χ3v) is 5.63. The first-order chi connectivity index (χ1) is 15.4. The number of aromatic nitrogens is 3. The number of fused-ring (bicyclic) bond motifs is 1. The largest absolute Gasteiger partial charge is 0.494 e. The summed E-state index contributed by atoms with van der Waals surface area (Å²) in [6.45, 7) is 1.67. The van der Waals surface area contributed by atoms with Gasteiger partial charge in [-0.15, -0.1) is 0 Å². The second-order valence-electron chi connectivity index (χ2n) is 8.01. The Morgan fingerprint density at radius 2 is 1.75 bits per heavy atom. The predicted molar refractivity (Wildman–Crippen MR) is 119 cm³/mol. The van der Waals surface area contributed by atoms with Crippen molar-refractivity contribution >= 4 is 5.57 Å². The summed E-state index contributed by atoms with van der Waals surface area (Å²) in [5.74, 6) is -1.53. The van der Waals surface area contributed by atoms with E-state index in [0.717, 1.165) is 41.0 Å². The van der Waals surface area contributed by atoms with Crippen LogP contribution in [0.3, 0.4) is 0 Å². The quantitative estimate of drug-likeness (QED) is 0.530. The minimum Gasteiger partial charge on any atom is -0.494 e. The molecule has 0 N–H and O–H groups in total. The summed E-state index contributed by atoms with van der Waals surface area (Å²) in [4.78, 5) is 6.69. The molecule has 1 aliphatic carbocycles. The van der Waals surface area contributed by atoms with E-state index in [1.54, 1.807) is 0 Å². The minimum atomic E-state index is -0.716. The molecule has 6 nitrogen and oxygen atoms in total. The van der Waals surface area contributed by atoms with Crippen LogP contribution in [0.5, 0.6) is 11.5 Å². The van der Waals surface area contributed by atoms with Crippen molar-refractivity contribution < 1.29 is 18.3 Å². The highest BCUT2D eigenvalue weighted by Gasteiger charge is 2.24. The molecule has 0 radical (unpaired) electrons. The van der Waals surface area contributed by atoms with Gasteiger partial charge in [0.1, 0.15) is 0 Å². The molecule has 0 fully saturated rings. The van der Waals surface area contributed by atoms with E-state index in [2.05, 4.69) is 15.0 Å². The molecule has 0 saturated heterocycles. The molecular formula is C24H26F2N4O2. The number of benzene rings is 1. The Kier molecular flexibility index (Phi) is 6.23. The molecule has 0 saturated carbocycles. The molecule has 1 aliphatic rings. The standard InChI is InChI=1S/C24H26F2N4O2/c1-29(2)7-8-30-14-17(13-28-30)16-10-18-15(5-6-20(18)27-12-16)9-19-23(25)21(31-3)11-22(32-4)24(19)26/h5,10-14H,6-9H2,1-4H3. The lowest BCUT2D eigenvalue weighted by Gasteiger charge is -2.14. The number of rotatable bonds is 8. The molecule has 168 valence electrons. The van der Waals surface area contributed by atoms with Gasteiger partial charge in [-0.3, -0.25) is 9.67 Å². The number of ether oxygens (including phenoxy) is 2. The number of hydrogen-bond acceptors (Lipinski definition) is 5. The van der Waals surface area contributed by atoms with Gasteiger partial charge in [0.25, 0.3) is 0 Å². The topological polar surface area (TPSA) is 52.4 Å². The van der Waals surface area contributed by atoms with Crippen molar-refractivity contribution in [2.24, 2.45) is 0 Å². The third kappa shape index (κ3) is 4.23. The zero-order chi connectivity index (χ0) is 22.8. The van der Waals surface area contributed by atoms with Crippen molar-refractivity contribution in [3.05, 3.63) is 65.3 Å². The maximum atomic E-state index is 14.9. The van der Waals surface area contributed by atoms with Crippen molar-refractivity contribution in [3.63, 3.8) is 0 Å². The minimum absolute atomic E-state index is 0.0471. The van der Waals surface area contributed by atoms with Gasteiger partial charge in [-0.2, -0.15) is 5.10 Å². The Bertz CT molecular complexity index is 1140. The first kappa shape index (κ1) is 22.0. The molecule has 0 atom stereocenters. The predicted octanol–water partition coefficient (Wildman–Crippen LogP) is 3.98. The maximum absolute atomic E-state index is 14.9. The van der Waals surface area contributed by atoms with Crippen LogP contribution in [-0.4, -0.2) is 54.5 Å². The van der Waals surface area contributed by atoms with Gasteiger partial charge in [0.05, 0.1) is 32.7 Å². The molecule has 1 aromatic carbocycles. The zero-order valence-electron chi connectivity index (χ0n) is 18.7. The first-order valence-corrected chi connectivity index (χ1v) is 10.4. The molecule has 3 aromatic rings. The lowest BCUT2D eigenvalue weighted by molar-refractivity contribution is 0.354. The van der Waals surface area contributed by atoms with Crippen LogP contribution in [0.15, 0.2) is 36.8 Å². The highest BCUT2D eigenvalue weighted by molar-refractivity contribution is 5.77. The van der Waals surface area contributed by atoms with Crippen LogP contribution < -0.4 is 9.47 Å². The smallest absolute Gasteiger partial charge is 0.171 e. The lowest BCUT2D eigenvalue weighted by Crippen LogP contribution is -2.18.